The Balaban J connectivity index is 3.13. The molecule has 1 aromatic carbocycles. The maximum absolute atomic E-state index is 11.0. The fraction of sp³-hybridized carbons (Fsp3) is 0.571. The van der Waals surface area contributed by atoms with Crippen molar-refractivity contribution in [3.05, 3.63) is 35.9 Å². The van der Waals surface area contributed by atoms with Crippen molar-refractivity contribution in [2.24, 2.45) is 5.41 Å². The number of hydrogen-bond acceptors (Lipinski definition) is 2. The summed E-state index contributed by atoms with van der Waals surface area (Å²) in [7, 11) is -1.19. The average molecular weight is 254 g/mol. The van der Waals surface area contributed by atoms with Gasteiger partial charge >= 0.3 is 0 Å². The third-order valence-corrected chi connectivity index (χ3v) is 3.51. The van der Waals surface area contributed by atoms with Crippen molar-refractivity contribution < 1.29 is 9.09 Å². The van der Waals surface area contributed by atoms with Crippen LogP contribution in [0.5, 0.6) is 0 Å². The molecule has 1 rings (SSSR count). The molecule has 0 aromatic heterocycles. The van der Waals surface area contributed by atoms with E-state index in [-0.39, 0.29) is 5.41 Å². The predicted molar refractivity (Wildman–Crippen MR) is 74.0 cm³/mol. The van der Waals surface area contributed by atoms with E-state index in [1.807, 2.05) is 18.2 Å². The summed E-state index contributed by atoms with van der Waals surface area (Å²) in [5.74, 6) is 0. The Morgan fingerprint density at radius 1 is 1.18 bits per heavy atom. The van der Waals surface area contributed by atoms with E-state index in [4.69, 9.17) is 4.52 Å². The molecule has 0 aliphatic carbocycles. The van der Waals surface area contributed by atoms with Crippen molar-refractivity contribution >= 4 is 8.69 Å². The zero-order valence-corrected chi connectivity index (χ0v) is 12.3. The van der Waals surface area contributed by atoms with Crippen LogP contribution in [0.25, 0.3) is 0 Å². The van der Waals surface area contributed by atoms with Crippen LogP contribution in [-0.2, 0) is 14.7 Å². The van der Waals surface area contributed by atoms with E-state index in [1.54, 1.807) is 0 Å². The summed E-state index contributed by atoms with van der Waals surface area (Å²) in [4.78, 5) is 0. The molecule has 2 unspecified atom stereocenters. The maximum Gasteiger partial charge on any atom is 0.180 e. The van der Waals surface area contributed by atoms with E-state index >= 15 is 0 Å². The van der Waals surface area contributed by atoms with Gasteiger partial charge in [-0.05, 0) is 23.8 Å². The molecule has 0 radical (unpaired) electrons. The molecule has 0 aliphatic rings. The van der Waals surface area contributed by atoms with Crippen LogP contribution in [-0.4, -0.2) is 0 Å². The van der Waals surface area contributed by atoms with Gasteiger partial charge in [0.15, 0.2) is 8.69 Å². The molecule has 2 atom stereocenters. The summed E-state index contributed by atoms with van der Waals surface area (Å²) < 4.78 is 16.7. The first-order valence-corrected chi connectivity index (χ1v) is 7.05. The lowest BCUT2D eigenvalue weighted by Gasteiger charge is -2.37. The Bertz CT molecular complexity index is 356. The summed E-state index contributed by atoms with van der Waals surface area (Å²) in [6.45, 7) is 8.64. The van der Waals surface area contributed by atoms with Crippen LogP contribution in [0.4, 0.5) is 0 Å². The summed E-state index contributed by atoms with van der Waals surface area (Å²) in [5.41, 5.74) is 0.859. The fourth-order valence-corrected chi connectivity index (χ4v) is 2.89. The van der Waals surface area contributed by atoms with E-state index < -0.39 is 14.3 Å². The lowest BCUT2D eigenvalue weighted by atomic mass is 9.77. The molecule has 0 fully saturated rings. The highest BCUT2D eigenvalue weighted by molar-refractivity contribution is 7.17. The summed E-state index contributed by atoms with van der Waals surface area (Å²) >= 11 is 0. The molecule has 0 amide bonds. The van der Waals surface area contributed by atoms with Gasteiger partial charge in [-0.15, -0.1) is 0 Å². The first-order valence-electron chi connectivity index (χ1n) is 6.10. The Hall–Kier alpha value is -0.590. The standard InChI is InChI=1S/C14H23O2P/c1-5-14(16-17-15,11-13(2,3)4)12-9-7-6-8-10-12/h6-10H,5,11,17H2,1-4H3. The SMILES string of the molecule is CCC(CC(C)(C)C)(O[PH2]=O)c1ccccc1. The molecule has 2 nitrogen and oxygen atoms in total. The van der Waals surface area contributed by atoms with E-state index in [2.05, 4.69) is 39.8 Å². The number of hydrogen-bond donors (Lipinski definition) is 0. The molecule has 0 saturated heterocycles. The average Bonchev–Trinajstić information content (AvgIpc) is 2.28. The van der Waals surface area contributed by atoms with Gasteiger partial charge in [0.2, 0.25) is 0 Å². The van der Waals surface area contributed by atoms with Crippen molar-refractivity contribution in [2.45, 2.75) is 46.1 Å². The minimum absolute atomic E-state index is 0.139. The fourth-order valence-electron chi connectivity index (χ4n) is 2.31. The van der Waals surface area contributed by atoms with Crippen LogP contribution in [0.3, 0.4) is 0 Å². The topological polar surface area (TPSA) is 26.3 Å². The second-order valence-electron chi connectivity index (χ2n) is 5.67. The van der Waals surface area contributed by atoms with Gasteiger partial charge in [-0.3, -0.25) is 4.57 Å². The third-order valence-electron chi connectivity index (χ3n) is 2.96. The van der Waals surface area contributed by atoms with E-state index in [0.717, 1.165) is 18.4 Å². The summed E-state index contributed by atoms with van der Waals surface area (Å²) in [6.07, 6.45) is 1.71. The van der Waals surface area contributed by atoms with E-state index in [1.165, 1.54) is 0 Å². The summed E-state index contributed by atoms with van der Waals surface area (Å²) in [6, 6.07) is 10.1. The normalized spacial score (nSPS) is 16.2. The smallest absolute Gasteiger partial charge is 0.180 e. The van der Waals surface area contributed by atoms with Crippen LogP contribution in [0.15, 0.2) is 30.3 Å². The first kappa shape index (κ1) is 14.5. The quantitative estimate of drug-likeness (QED) is 0.727. The minimum atomic E-state index is -1.19. The van der Waals surface area contributed by atoms with Gasteiger partial charge in [-0.2, -0.15) is 0 Å². The highest BCUT2D eigenvalue weighted by Gasteiger charge is 2.35. The Labute approximate surface area is 106 Å². The molecule has 0 spiro atoms. The van der Waals surface area contributed by atoms with Crippen LogP contribution in [0.2, 0.25) is 0 Å². The van der Waals surface area contributed by atoms with Gasteiger partial charge in [0.05, 0.1) is 0 Å². The maximum atomic E-state index is 11.0. The van der Waals surface area contributed by atoms with Crippen molar-refractivity contribution in [1.82, 2.24) is 0 Å². The lowest BCUT2D eigenvalue weighted by Crippen LogP contribution is -2.31. The van der Waals surface area contributed by atoms with Crippen molar-refractivity contribution in [3.8, 4) is 0 Å². The first-order chi connectivity index (χ1) is 7.93. The van der Waals surface area contributed by atoms with Crippen molar-refractivity contribution in [2.75, 3.05) is 0 Å². The predicted octanol–water partition coefficient (Wildman–Crippen LogP) is 4.42. The van der Waals surface area contributed by atoms with E-state index in [9.17, 15) is 4.57 Å². The molecule has 17 heavy (non-hydrogen) atoms. The molecule has 0 bridgehead atoms. The molecule has 0 heterocycles. The van der Waals surface area contributed by atoms with Gasteiger partial charge < -0.3 is 4.52 Å². The van der Waals surface area contributed by atoms with Crippen molar-refractivity contribution in [3.63, 3.8) is 0 Å². The monoisotopic (exact) mass is 254 g/mol. The molecular weight excluding hydrogens is 231 g/mol. The minimum Gasteiger partial charge on any atom is -0.321 e. The van der Waals surface area contributed by atoms with Gasteiger partial charge in [0, 0.05) is 0 Å². The second kappa shape index (κ2) is 5.84. The molecule has 96 valence electrons. The Morgan fingerprint density at radius 2 is 1.76 bits per heavy atom. The highest BCUT2D eigenvalue weighted by atomic mass is 31.1. The second-order valence-corrected chi connectivity index (χ2v) is 6.09. The van der Waals surface area contributed by atoms with Crippen LogP contribution >= 0.6 is 8.69 Å². The Kier molecular flexibility index (Phi) is 4.97. The molecule has 3 heteroatoms. The molecule has 0 aliphatic heterocycles. The van der Waals surface area contributed by atoms with Crippen molar-refractivity contribution in [1.29, 1.82) is 0 Å². The molecule has 0 saturated carbocycles. The third kappa shape index (κ3) is 3.97. The highest BCUT2D eigenvalue weighted by Crippen LogP contribution is 2.42. The summed E-state index contributed by atoms with van der Waals surface area (Å²) in [5, 5.41) is 0. The zero-order chi connectivity index (χ0) is 12.9. The number of benzene rings is 1. The van der Waals surface area contributed by atoms with E-state index in [0.29, 0.717) is 0 Å². The van der Waals surface area contributed by atoms with Crippen LogP contribution in [0.1, 0.15) is 46.1 Å². The van der Waals surface area contributed by atoms with Crippen LogP contribution in [0, 0.1) is 5.41 Å². The van der Waals surface area contributed by atoms with Gasteiger partial charge in [0.25, 0.3) is 0 Å². The van der Waals surface area contributed by atoms with Gasteiger partial charge in [-0.1, -0.05) is 58.0 Å². The lowest BCUT2D eigenvalue weighted by molar-refractivity contribution is 0.0317. The molecule has 0 N–H and O–H groups in total. The Morgan fingerprint density at radius 3 is 2.18 bits per heavy atom. The largest absolute Gasteiger partial charge is 0.321 e. The molecule has 1 aromatic rings. The molecular formula is C14H23O2P. The van der Waals surface area contributed by atoms with Crippen LogP contribution < -0.4 is 0 Å². The zero-order valence-electron chi connectivity index (χ0n) is 11.2. The number of rotatable bonds is 5. The van der Waals surface area contributed by atoms with Gasteiger partial charge in [0.1, 0.15) is 5.60 Å². The van der Waals surface area contributed by atoms with Gasteiger partial charge in [-0.25, -0.2) is 0 Å².